The molecule has 1 fully saturated rings. The number of fused-ring (bicyclic) bond motifs is 1. The Morgan fingerprint density at radius 3 is 2.89 bits per heavy atom. The minimum atomic E-state index is -0.756. The molecule has 0 spiro atoms. The summed E-state index contributed by atoms with van der Waals surface area (Å²) < 4.78 is 12.8. The number of aliphatic hydroxyl groups is 1. The molecule has 3 heterocycles. The third-order valence-corrected chi connectivity index (χ3v) is 5.06. The van der Waals surface area contributed by atoms with Gasteiger partial charge in [-0.05, 0) is 25.0 Å². The molecule has 3 aromatic rings. The first-order valence-electron chi connectivity index (χ1n) is 9.12. The van der Waals surface area contributed by atoms with E-state index in [0.717, 1.165) is 22.5 Å². The van der Waals surface area contributed by atoms with E-state index in [1.54, 1.807) is 13.4 Å². The molecule has 0 unspecified atom stereocenters. The van der Waals surface area contributed by atoms with Crippen molar-refractivity contribution in [2.24, 2.45) is 0 Å². The standard InChI is InChI=1S/C20H24N4O3/c1-13-10-15-18(21-11-14-6-4-3-5-7-14)22-12-23-19(15)24(13)16-8-9-27-20(26-2)17(16)25/h3-7,10,12,16-17,20,25H,8-9,11H2,1-2H3,(H,21,22,23)/t16-,17-,20-/m0/s1. The molecule has 0 radical (unpaired) electrons. The van der Waals surface area contributed by atoms with Gasteiger partial charge in [0.25, 0.3) is 0 Å². The summed E-state index contributed by atoms with van der Waals surface area (Å²) in [5, 5.41) is 15.0. The Bertz CT molecular complexity index is 912. The predicted octanol–water partition coefficient (Wildman–Crippen LogP) is 2.65. The van der Waals surface area contributed by atoms with Crippen LogP contribution < -0.4 is 5.32 Å². The Labute approximate surface area is 158 Å². The van der Waals surface area contributed by atoms with Gasteiger partial charge >= 0.3 is 0 Å². The van der Waals surface area contributed by atoms with Crippen LogP contribution in [-0.4, -0.2) is 45.8 Å². The Kier molecular flexibility index (Phi) is 5.07. The van der Waals surface area contributed by atoms with Gasteiger partial charge in [0.2, 0.25) is 0 Å². The second kappa shape index (κ2) is 7.64. The zero-order valence-corrected chi connectivity index (χ0v) is 15.5. The van der Waals surface area contributed by atoms with Gasteiger partial charge in [0, 0.05) is 19.3 Å². The van der Waals surface area contributed by atoms with Crippen LogP contribution in [0.1, 0.15) is 23.7 Å². The lowest BCUT2D eigenvalue weighted by atomic mass is 10.0. The lowest BCUT2D eigenvalue weighted by Gasteiger charge is -2.35. The Balaban J connectivity index is 1.66. The molecule has 7 heteroatoms. The lowest BCUT2D eigenvalue weighted by molar-refractivity contribution is -0.215. The highest BCUT2D eigenvalue weighted by Crippen LogP contribution is 2.33. The van der Waals surface area contributed by atoms with Crippen molar-refractivity contribution in [2.75, 3.05) is 19.0 Å². The van der Waals surface area contributed by atoms with E-state index in [0.29, 0.717) is 19.6 Å². The van der Waals surface area contributed by atoms with Crippen molar-refractivity contribution < 1.29 is 14.6 Å². The van der Waals surface area contributed by atoms with Gasteiger partial charge < -0.3 is 24.5 Å². The van der Waals surface area contributed by atoms with Crippen LogP contribution in [-0.2, 0) is 16.0 Å². The van der Waals surface area contributed by atoms with E-state index in [1.807, 2.05) is 25.1 Å². The number of aromatic nitrogens is 3. The van der Waals surface area contributed by atoms with Gasteiger partial charge in [-0.15, -0.1) is 0 Å². The normalized spacial score (nSPS) is 22.9. The maximum absolute atomic E-state index is 10.7. The minimum Gasteiger partial charge on any atom is -0.386 e. The smallest absolute Gasteiger partial charge is 0.185 e. The summed E-state index contributed by atoms with van der Waals surface area (Å²) in [4.78, 5) is 8.92. The number of hydrogen-bond acceptors (Lipinski definition) is 6. The molecule has 1 aromatic carbocycles. The summed E-state index contributed by atoms with van der Waals surface area (Å²) in [6.45, 7) is 3.24. The largest absolute Gasteiger partial charge is 0.386 e. The van der Waals surface area contributed by atoms with Gasteiger partial charge in [-0.1, -0.05) is 30.3 Å². The Hall–Kier alpha value is -2.48. The van der Waals surface area contributed by atoms with E-state index in [9.17, 15) is 5.11 Å². The summed E-state index contributed by atoms with van der Waals surface area (Å²) in [5.41, 5.74) is 3.01. The van der Waals surface area contributed by atoms with Crippen LogP contribution in [0, 0.1) is 6.92 Å². The molecule has 142 valence electrons. The maximum atomic E-state index is 10.7. The van der Waals surface area contributed by atoms with E-state index in [2.05, 4.69) is 38.1 Å². The van der Waals surface area contributed by atoms with Gasteiger partial charge in [0.05, 0.1) is 18.0 Å². The van der Waals surface area contributed by atoms with E-state index < -0.39 is 12.4 Å². The van der Waals surface area contributed by atoms with E-state index in [4.69, 9.17) is 9.47 Å². The first kappa shape index (κ1) is 17.9. The van der Waals surface area contributed by atoms with Crippen LogP contribution >= 0.6 is 0 Å². The van der Waals surface area contributed by atoms with Gasteiger partial charge in [0.15, 0.2) is 6.29 Å². The number of ether oxygens (including phenoxy) is 2. The molecule has 27 heavy (non-hydrogen) atoms. The van der Waals surface area contributed by atoms with Crippen molar-refractivity contribution in [1.29, 1.82) is 0 Å². The van der Waals surface area contributed by atoms with Gasteiger partial charge in [0.1, 0.15) is 23.9 Å². The topological polar surface area (TPSA) is 81.4 Å². The number of hydrogen-bond donors (Lipinski definition) is 2. The number of nitrogens with one attached hydrogen (secondary N) is 1. The highest BCUT2D eigenvalue weighted by Gasteiger charge is 2.35. The van der Waals surface area contributed by atoms with Crippen molar-refractivity contribution in [3.63, 3.8) is 0 Å². The highest BCUT2D eigenvalue weighted by atomic mass is 16.7. The summed E-state index contributed by atoms with van der Waals surface area (Å²) in [6.07, 6.45) is 0.875. The van der Waals surface area contributed by atoms with Crippen LogP contribution in [0.2, 0.25) is 0 Å². The third kappa shape index (κ3) is 3.41. The molecule has 3 atom stereocenters. The number of nitrogens with zero attached hydrogens (tertiary/aromatic N) is 3. The minimum absolute atomic E-state index is 0.155. The zero-order valence-electron chi connectivity index (χ0n) is 15.5. The number of rotatable bonds is 5. The molecular weight excluding hydrogens is 344 g/mol. The van der Waals surface area contributed by atoms with Crippen molar-refractivity contribution in [3.8, 4) is 0 Å². The molecule has 2 aromatic heterocycles. The molecule has 1 saturated heterocycles. The number of aliphatic hydroxyl groups excluding tert-OH is 1. The number of benzene rings is 1. The fourth-order valence-electron chi connectivity index (χ4n) is 3.74. The fraction of sp³-hybridized carbons (Fsp3) is 0.400. The summed E-state index contributed by atoms with van der Waals surface area (Å²) >= 11 is 0. The third-order valence-electron chi connectivity index (χ3n) is 5.06. The number of methoxy groups -OCH3 is 1. The number of anilines is 1. The Morgan fingerprint density at radius 2 is 2.11 bits per heavy atom. The fourth-order valence-corrected chi connectivity index (χ4v) is 3.74. The molecule has 0 bridgehead atoms. The molecule has 0 saturated carbocycles. The first-order chi connectivity index (χ1) is 13.2. The molecule has 1 aliphatic heterocycles. The van der Waals surface area contributed by atoms with Gasteiger partial charge in [-0.25, -0.2) is 9.97 Å². The summed E-state index contributed by atoms with van der Waals surface area (Å²) in [7, 11) is 1.55. The first-order valence-corrected chi connectivity index (χ1v) is 9.12. The van der Waals surface area contributed by atoms with Crippen LogP contribution in [0.15, 0.2) is 42.7 Å². The number of aryl methyl sites for hydroxylation is 1. The van der Waals surface area contributed by atoms with Crippen LogP contribution in [0.5, 0.6) is 0 Å². The lowest BCUT2D eigenvalue weighted by Crippen LogP contribution is -2.43. The maximum Gasteiger partial charge on any atom is 0.185 e. The molecule has 7 nitrogen and oxygen atoms in total. The van der Waals surface area contributed by atoms with Crippen LogP contribution in [0.4, 0.5) is 5.82 Å². The van der Waals surface area contributed by atoms with Crippen molar-refractivity contribution in [2.45, 2.75) is 38.3 Å². The van der Waals surface area contributed by atoms with Crippen LogP contribution in [0.3, 0.4) is 0 Å². The second-order valence-corrected chi connectivity index (χ2v) is 6.78. The van der Waals surface area contributed by atoms with E-state index >= 15 is 0 Å². The Morgan fingerprint density at radius 1 is 1.30 bits per heavy atom. The quantitative estimate of drug-likeness (QED) is 0.721. The molecule has 0 amide bonds. The molecular formula is C20H24N4O3. The predicted molar refractivity (Wildman–Crippen MR) is 102 cm³/mol. The average molecular weight is 368 g/mol. The molecule has 1 aliphatic rings. The van der Waals surface area contributed by atoms with Crippen molar-refractivity contribution in [3.05, 3.63) is 54.0 Å². The SMILES string of the molecule is CO[C@H]1OCC[C@H](n2c(C)cc3c(NCc4ccccc4)ncnc32)[C@@H]1O. The molecule has 4 rings (SSSR count). The highest BCUT2D eigenvalue weighted by molar-refractivity contribution is 5.88. The van der Waals surface area contributed by atoms with Gasteiger partial charge in [-0.3, -0.25) is 0 Å². The molecule has 2 N–H and O–H groups in total. The van der Waals surface area contributed by atoms with E-state index in [-0.39, 0.29) is 6.04 Å². The summed E-state index contributed by atoms with van der Waals surface area (Å²) in [6, 6.07) is 12.1. The monoisotopic (exact) mass is 368 g/mol. The van der Waals surface area contributed by atoms with Crippen molar-refractivity contribution >= 4 is 16.9 Å². The van der Waals surface area contributed by atoms with E-state index in [1.165, 1.54) is 5.56 Å². The van der Waals surface area contributed by atoms with Crippen molar-refractivity contribution in [1.82, 2.24) is 14.5 Å². The molecule has 0 aliphatic carbocycles. The van der Waals surface area contributed by atoms with Crippen LogP contribution in [0.25, 0.3) is 11.0 Å². The average Bonchev–Trinajstić information content (AvgIpc) is 3.04. The van der Waals surface area contributed by atoms with Gasteiger partial charge in [-0.2, -0.15) is 0 Å². The zero-order chi connectivity index (χ0) is 18.8. The second-order valence-electron chi connectivity index (χ2n) is 6.78. The summed E-state index contributed by atoms with van der Waals surface area (Å²) in [5.74, 6) is 0.788.